The number of carbonyl (C=O) groups excluding carboxylic acids is 3. The highest BCUT2D eigenvalue weighted by atomic mass is 33.1. The fraction of sp³-hybridized carbons (Fsp3) is 0.652. The number of nitrogen functional groups attached to an aromatic ring is 1. The average Bonchev–Trinajstić information content (AvgIpc) is 3.58. The van der Waals surface area contributed by atoms with Crippen molar-refractivity contribution in [2.45, 2.75) is 57.8 Å². The van der Waals surface area contributed by atoms with Crippen molar-refractivity contribution >= 4 is 79.0 Å². The Bertz CT molecular complexity index is 1730. The van der Waals surface area contributed by atoms with Crippen molar-refractivity contribution < 1.29 is 80.5 Å². The van der Waals surface area contributed by atoms with Crippen molar-refractivity contribution in [1.82, 2.24) is 30.2 Å². The summed E-state index contributed by atoms with van der Waals surface area (Å²) in [6, 6.07) is 0. The second kappa shape index (κ2) is 18.5. The number of hydrogen-bond donors (Lipinski definition) is 9. The van der Waals surface area contributed by atoms with Crippen molar-refractivity contribution in [3.8, 4) is 0 Å². The van der Waals surface area contributed by atoms with Crippen LogP contribution in [-0.4, -0.2) is 123 Å². The Morgan fingerprint density at radius 1 is 1.08 bits per heavy atom. The number of nitrogens with zero attached hydrogens (tertiary/aromatic N) is 4. The van der Waals surface area contributed by atoms with Crippen molar-refractivity contribution in [2.75, 3.05) is 37.8 Å². The molecule has 1 aliphatic rings. The third-order valence-corrected chi connectivity index (χ3v) is 12.1. The van der Waals surface area contributed by atoms with Gasteiger partial charge in [0.25, 0.3) is 0 Å². The van der Waals surface area contributed by atoms with Crippen molar-refractivity contribution in [2.24, 2.45) is 5.41 Å². The summed E-state index contributed by atoms with van der Waals surface area (Å²) < 4.78 is 61.9. The molecule has 7 atom stereocenters. The largest absolute Gasteiger partial charge is 0.481 e. The van der Waals surface area contributed by atoms with Crippen LogP contribution in [0, 0.1) is 5.41 Å². The van der Waals surface area contributed by atoms with Crippen LogP contribution in [-0.2, 0) is 50.7 Å². The Kier molecular flexibility index (Phi) is 15.8. The zero-order valence-corrected chi connectivity index (χ0v) is 31.8. The van der Waals surface area contributed by atoms with Gasteiger partial charge in [-0.2, -0.15) is 4.31 Å². The van der Waals surface area contributed by atoms with E-state index in [2.05, 4.69) is 34.4 Å². The molecule has 1 saturated heterocycles. The number of aliphatic hydroxyl groups excluding tert-OH is 2. The van der Waals surface area contributed by atoms with Crippen molar-refractivity contribution in [3.05, 3.63) is 12.7 Å². The van der Waals surface area contributed by atoms with Gasteiger partial charge < -0.3 is 50.9 Å². The van der Waals surface area contributed by atoms with Gasteiger partial charge in [0.1, 0.15) is 36.3 Å². The molecule has 0 aromatic carbocycles. The molecule has 0 aliphatic carbocycles. The van der Waals surface area contributed by atoms with E-state index >= 15 is 0 Å². The van der Waals surface area contributed by atoms with Crippen LogP contribution in [0.25, 0.3) is 11.2 Å². The van der Waals surface area contributed by atoms with E-state index < -0.39 is 84.6 Å². The summed E-state index contributed by atoms with van der Waals surface area (Å²) in [5.74, 6) is -0.950. The lowest BCUT2D eigenvalue weighted by molar-refractivity contribution is -0.137. The van der Waals surface area contributed by atoms with E-state index in [9.17, 15) is 57.9 Å². The summed E-state index contributed by atoms with van der Waals surface area (Å²) in [5, 5.41) is 26.2. The summed E-state index contributed by atoms with van der Waals surface area (Å²) in [4.78, 5) is 86.0. The standard InChI is InChI=1S/C23H38N7O17P3S2/c1-12(31)52-51-7-6-25-14(32)4-5-26-21(35)18(34)23(2,3)9-44-50(41,42)47-49(39,40)43-8-13-17(46-48(36,37)38)16(33)22(45-13)30-11-29-15-19(24)27-10-28-20(15)30/h10-11,13,16-18,22,33-34H,4-9H2,1-3H3,(H,25,32)(H,26,35)(H,39,40)(H,41,42)(H2,24,27,28)(H2,36,37,38)/t13-,16-,17-,18?,22-/m1/s1. The number of carbonyl (C=O) groups is 3. The Labute approximate surface area is 302 Å². The molecule has 29 heteroatoms. The van der Waals surface area contributed by atoms with Crippen LogP contribution in [0.15, 0.2) is 12.7 Å². The lowest BCUT2D eigenvalue weighted by atomic mass is 9.87. The maximum atomic E-state index is 12.6. The molecule has 1 aliphatic heterocycles. The molecule has 3 heterocycles. The molecule has 3 unspecified atom stereocenters. The van der Waals surface area contributed by atoms with Gasteiger partial charge in [-0.3, -0.25) is 32.5 Å². The summed E-state index contributed by atoms with van der Waals surface area (Å²) in [7, 11) is -14.1. The number of hydrogen-bond acceptors (Lipinski definition) is 19. The van der Waals surface area contributed by atoms with E-state index in [1.807, 2.05) is 0 Å². The zero-order chi connectivity index (χ0) is 39.1. The Morgan fingerprint density at radius 3 is 2.40 bits per heavy atom. The monoisotopic (exact) mass is 841 g/mol. The third kappa shape index (κ3) is 13.3. The van der Waals surface area contributed by atoms with Crippen LogP contribution in [0.1, 0.15) is 33.4 Å². The quantitative estimate of drug-likeness (QED) is 0.0453. The normalized spacial score (nSPS) is 22.4. The fourth-order valence-electron chi connectivity index (χ4n) is 4.30. The molecule has 52 heavy (non-hydrogen) atoms. The number of aliphatic hydroxyl groups is 2. The second-order valence-electron chi connectivity index (χ2n) is 11.5. The molecule has 3 rings (SSSR count). The smallest absolute Gasteiger partial charge is 0.386 e. The number of phosphoric acid groups is 3. The number of nitrogens with two attached hydrogens (primary N) is 1. The first-order valence-corrected chi connectivity index (χ1v) is 21.5. The summed E-state index contributed by atoms with van der Waals surface area (Å²) in [6.07, 6.45) is -6.86. The number of phosphoric ester groups is 3. The number of imidazole rings is 1. The van der Waals surface area contributed by atoms with Crippen LogP contribution in [0.3, 0.4) is 0 Å². The lowest BCUT2D eigenvalue weighted by Crippen LogP contribution is -2.46. The van der Waals surface area contributed by atoms with Gasteiger partial charge >= 0.3 is 23.5 Å². The van der Waals surface area contributed by atoms with E-state index in [1.54, 1.807) is 0 Å². The number of amides is 2. The summed E-state index contributed by atoms with van der Waals surface area (Å²) in [6.45, 7) is 2.00. The van der Waals surface area contributed by atoms with Gasteiger partial charge in [-0.1, -0.05) is 24.6 Å². The number of ether oxygens (including phenoxy) is 1. The molecular formula is C23H38N7O17P3S2. The molecule has 0 spiro atoms. The topological polar surface area (TPSA) is 364 Å². The molecule has 0 bridgehead atoms. The van der Waals surface area contributed by atoms with E-state index in [0.717, 1.165) is 28.0 Å². The molecule has 2 aromatic rings. The van der Waals surface area contributed by atoms with Crippen molar-refractivity contribution in [1.29, 1.82) is 0 Å². The van der Waals surface area contributed by atoms with Gasteiger partial charge in [-0.25, -0.2) is 28.6 Å². The van der Waals surface area contributed by atoms with Gasteiger partial charge in [-0.05, 0) is 10.8 Å². The predicted molar refractivity (Wildman–Crippen MR) is 180 cm³/mol. The first-order valence-electron chi connectivity index (χ1n) is 14.7. The summed E-state index contributed by atoms with van der Waals surface area (Å²) in [5.41, 5.74) is 4.27. The number of aromatic nitrogens is 4. The number of rotatable bonds is 20. The maximum Gasteiger partial charge on any atom is 0.481 e. The van der Waals surface area contributed by atoms with Crippen LogP contribution in [0.2, 0.25) is 0 Å². The molecule has 2 amide bonds. The number of nitrogens with one attached hydrogen (secondary N) is 2. The lowest BCUT2D eigenvalue weighted by Gasteiger charge is -2.30. The maximum absolute atomic E-state index is 12.6. The van der Waals surface area contributed by atoms with Gasteiger partial charge in [0.15, 0.2) is 22.8 Å². The van der Waals surface area contributed by atoms with Gasteiger partial charge in [0.2, 0.25) is 11.8 Å². The Hall–Kier alpha value is -2.09. The predicted octanol–water partition coefficient (Wildman–Crippen LogP) is -0.667. The van der Waals surface area contributed by atoms with Crippen LogP contribution >= 0.6 is 45.1 Å². The van der Waals surface area contributed by atoms with Crippen LogP contribution < -0.4 is 16.4 Å². The van der Waals surface area contributed by atoms with Gasteiger partial charge in [-0.15, -0.1) is 0 Å². The van der Waals surface area contributed by atoms with E-state index in [-0.39, 0.29) is 41.6 Å². The van der Waals surface area contributed by atoms with E-state index in [0.29, 0.717) is 5.75 Å². The van der Waals surface area contributed by atoms with E-state index in [4.69, 9.17) is 19.5 Å². The minimum atomic E-state index is -5.56. The van der Waals surface area contributed by atoms with Crippen LogP contribution in [0.5, 0.6) is 0 Å². The molecule has 0 saturated carbocycles. The minimum Gasteiger partial charge on any atom is -0.386 e. The average molecular weight is 842 g/mol. The molecule has 24 nitrogen and oxygen atoms in total. The van der Waals surface area contributed by atoms with E-state index in [1.165, 1.54) is 31.6 Å². The highest BCUT2D eigenvalue weighted by Gasteiger charge is 2.50. The van der Waals surface area contributed by atoms with Crippen LogP contribution in [0.4, 0.5) is 5.82 Å². The molecule has 294 valence electrons. The SMILES string of the molecule is CC(=O)SSCCNC(=O)CCNC(=O)C(O)C(C)(C)COP(=O)(O)OP(=O)(O)OC[C@H]1O[C@@H](n2cnc3c(N)ncnc32)[C@H](O)[C@@H]1OP(=O)(O)O. The highest BCUT2D eigenvalue weighted by Crippen LogP contribution is 2.61. The Morgan fingerprint density at radius 2 is 1.75 bits per heavy atom. The van der Waals surface area contributed by atoms with Gasteiger partial charge in [0.05, 0.1) is 19.5 Å². The minimum absolute atomic E-state index is 0.0314. The second-order valence-corrected chi connectivity index (χ2v) is 18.3. The molecular weight excluding hydrogens is 803 g/mol. The number of anilines is 1. The molecule has 10 N–H and O–H groups in total. The Balaban J connectivity index is 1.53. The van der Waals surface area contributed by atoms with Gasteiger partial charge in [0, 0.05) is 37.6 Å². The third-order valence-electron chi connectivity index (χ3n) is 6.76. The molecule has 1 fully saturated rings. The number of fused-ring (bicyclic) bond motifs is 1. The summed E-state index contributed by atoms with van der Waals surface area (Å²) >= 11 is 0. The zero-order valence-electron chi connectivity index (χ0n) is 27.5. The first kappa shape index (κ1) is 44.3. The molecule has 0 radical (unpaired) electrons. The van der Waals surface area contributed by atoms with Crippen molar-refractivity contribution in [3.63, 3.8) is 0 Å². The molecule has 2 aromatic heterocycles. The fourth-order valence-corrected chi connectivity index (χ4v) is 8.56. The first-order chi connectivity index (χ1) is 24.0. The highest BCUT2D eigenvalue weighted by molar-refractivity contribution is 8.82.